The maximum Gasteiger partial charge on any atom is 0.242 e. The maximum absolute atomic E-state index is 12.3. The molecule has 1 fully saturated rings. The van der Waals surface area contributed by atoms with Crippen molar-refractivity contribution in [3.8, 4) is 11.5 Å². The number of rotatable bonds is 3. The van der Waals surface area contributed by atoms with Crippen LogP contribution in [-0.2, 0) is 9.59 Å². The quantitative estimate of drug-likeness (QED) is 0.848. The van der Waals surface area contributed by atoms with Crippen LogP contribution < -0.4 is 14.4 Å². The Hall–Kier alpha value is -2.24. The summed E-state index contributed by atoms with van der Waals surface area (Å²) in [4.78, 5) is 27.5. The van der Waals surface area contributed by atoms with E-state index in [1.54, 1.807) is 18.2 Å². The van der Waals surface area contributed by atoms with Crippen LogP contribution in [0.25, 0.3) is 0 Å². The molecule has 118 valence electrons. The van der Waals surface area contributed by atoms with Crippen molar-refractivity contribution in [2.45, 2.75) is 19.8 Å². The number of amides is 2. The van der Waals surface area contributed by atoms with Crippen molar-refractivity contribution < 1.29 is 19.1 Å². The predicted molar refractivity (Wildman–Crippen MR) is 81.3 cm³/mol. The summed E-state index contributed by atoms with van der Waals surface area (Å²) in [7, 11) is 0. The summed E-state index contributed by atoms with van der Waals surface area (Å²) in [6.45, 7) is 4.11. The molecule has 0 radical (unpaired) electrons. The second kappa shape index (κ2) is 6.25. The molecule has 2 heterocycles. The van der Waals surface area contributed by atoms with Crippen LogP contribution in [0.1, 0.15) is 19.8 Å². The van der Waals surface area contributed by atoms with Crippen LogP contribution in [-0.4, -0.2) is 49.6 Å². The Labute approximate surface area is 129 Å². The van der Waals surface area contributed by atoms with E-state index in [4.69, 9.17) is 9.47 Å². The number of carbonyl (C=O) groups is 2. The van der Waals surface area contributed by atoms with E-state index >= 15 is 0 Å². The molecule has 1 aromatic carbocycles. The number of benzene rings is 1. The van der Waals surface area contributed by atoms with E-state index in [9.17, 15) is 9.59 Å². The fraction of sp³-hybridized carbons (Fsp3) is 0.500. The van der Waals surface area contributed by atoms with E-state index in [1.165, 1.54) is 11.8 Å². The van der Waals surface area contributed by atoms with Crippen molar-refractivity contribution in [3.05, 3.63) is 18.2 Å². The number of fused-ring (bicyclic) bond motifs is 1. The Bertz CT molecular complexity index is 582. The van der Waals surface area contributed by atoms with E-state index in [0.29, 0.717) is 30.4 Å². The summed E-state index contributed by atoms with van der Waals surface area (Å²) in [5.41, 5.74) is 0.657. The number of hydrogen-bond donors (Lipinski definition) is 0. The molecule has 0 aliphatic carbocycles. The largest absolute Gasteiger partial charge is 0.486 e. The summed E-state index contributed by atoms with van der Waals surface area (Å²) in [6.07, 6.45) is 2.08. The molecule has 0 unspecified atom stereocenters. The molecule has 6 heteroatoms. The highest BCUT2D eigenvalue weighted by atomic mass is 16.6. The fourth-order valence-electron chi connectivity index (χ4n) is 2.79. The van der Waals surface area contributed by atoms with Crippen LogP contribution in [0.2, 0.25) is 0 Å². The Morgan fingerprint density at radius 1 is 1.14 bits per heavy atom. The zero-order chi connectivity index (χ0) is 15.5. The zero-order valence-electron chi connectivity index (χ0n) is 12.7. The number of nitrogens with zero attached hydrogens (tertiary/aromatic N) is 2. The molecule has 0 aromatic heterocycles. The molecule has 2 amide bonds. The van der Waals surface area contributed by atoms with Gasteiger partial charge in [0.1, 0.15) is 19.8 Å². The summed E-state index contributed by atoms with van der Waals surface area (Å²) >= 11 is 0. The number of likely N-dealkylation sites (tertiary alicyclic amines) is 1. The average molecular weight is 304 g/mol. The minimum atomic E-state index is -0.163. The highest BCUT2D eigenvalue weighted by Crippen LogP contribution is 2.34. The average Bonchev–Trinajstić information content (AvgIpc) is 3.06. The molecule has 0 N–H and O–H groups in total. The molecular formula is C16H20N2O4. The fourth-order valence-corrected chi connectivity index (χ4v) is 2.79. The first-order chi connectivity index (χ1) is 10.6. The normalized spacial score (nSPS) is 16.5. The van der Waals surface area contributed by atoms with Gasteiger partial charge >= 0.3 is 0 Å². The van der Waals surface area contributed by atoms with Gasteiger partial charge in [0.25, 0.3) is 0 Å². The first-order valence-electron chi connectivity index (χ1n) is 7.60. The monoisotopic (exact) mass is 304 g/mol. The molecule has 1 saturated heterocycles. The first-order valence-corrected chi connectivity index (χ1v) is 7.60. The van der Waals surface area contributed by atoms with E-state index in [0.717, 1.165) is 25.9 Å². The molecule has 0 saturated carbocycles. The van der Waals surface area contributed by atoms with Gasteiger partial charge in [-0.1, -0.05) is 0 Å². The molecule has 0 spiro atoms. The van der Waals surface area contributed by atoms with Gasteiger partial charge < -0.3 is 19.3 Å². The Morgan fingerprint density at radius 2 is 1.82 bits per heavy atom. The van der Waals surface area contributed by atoms with Crippen LogP contribution in [0.3, 0.4) is 0 Å². The molecule has 6 nitrogen and oxygen atoms in total. The van der Waals surface area contributed by atoms with Gasteiger partial charge in [-0.2, -0.15) is 0 Å². The van der Waals surface area contributed by atoms with Gasteiger partial charge in [0.15, 0.2) is 11.5 Å². The van der Waals surface area contributed by atoms with Gasteiger partial charge in [-0.25, -0.2) is 0 Å². The third kappa shape index (κ3) is 3.00. The van der Waals surface area contributed by atoms with E-state index < -0.39 is 0 Å². The van der Waals surface area contributed by atoms with Crippen LogP contribution in [0.4, 0.5) is 5.69 Å². The summed E-state index contributed by atoms with van der Waals surface area (Å²) in [5, 5.41) is 0. The van der Waals surface area contributed by atoms with E-state index in [2.05, 4.69) is 0 Å². The van der Waals surface area contributed by atoms with E-state index in [-0.39, 0.29) is 18.4 Å². The third-order valence-corrected chi connectivity index (χ3v) is 3.97. The molecule has 0 bridgehead atoms. The Balaban J connectivity index is 1.78. The lowest BCUT2D eigenvalue weighted by molar-refractivity contribution is -0.130. The van der Waals surface area contributed by atoms with Crippen molar-refractivity contribution in [2.24, 2.45) is 0 Å². The lowest BCUT2D eigenvalue weighted by Gasteiger charge is -2.26. The Morgan fingerprint density at radius 3 is 2.50 bits per heavy atom. The SMILES string of the molecule is CC(=O)N(CC(=O)N1CCCC1)c1ccc2c(c1)OCCO2. The van der Waals surface area contributed by atoms with Crippen LogP contribution in [0.5, 0.6) is 11.5 Å². The lowest BCUT2D eigenvalue weighted by atomic mass is 10.2. The van der Waals surface area contributed by atoms with Gasteiger partial charge in [0, 0.05) is 31.8 Å². The standard InChI is InChI=1S/C16H20N2O4/c1-12(19)18(11-16(20)17-6-2-3-7-17)13-4-5-14-15(10-13)22-9-8-21-14/h4-5,10H,2-3,6-9,11H2,1H3. The van der Waals surface area contributed by atoms with Crippen molar-refractivity contribution in [2.75, 3.05) is 37.7 Å². The Kier molecular flexibility index (Phi) is 4.18. The molecule has 2 aliphatic heterocycles. The highest BCUT2D eigenvalue weighted by Gasteiger charge is 2.24. The minimum Gasteiger partial charge on any atom is -0.486 e. The number of ether oxygens (including phenoxy) is 2. The van der Waals surface area contributed by atoms with Gasteiger partial charge in [-0.3, -0.25) is 9.59 Å². The number of carbonyl (C=O) groups excluding carboxylic acids is 2. The topological polar surface area (TPSA) is 59.1 Å². The number of anilines is 1. The van der Waals surface area contributed by atoms with Crippen molar-refractivity contribution in [1.82, 2.24) is 4.90 Å². The molecule has 0 atom stereocenters. The molecule has 2 aliphatic rings. The number of hydrogen-bond acceptors (Lipinski definition) is 4. The molecule has 1 aromatic rings. The van der Waals surface area contributed by atoms with Crippen molar-refractivity contribution >= 4 is 17.5 Å². The third-order valence-electron chi connectivity index (χ3n) is 3.97. The highest BCUT2D eigenvalue weighted by molar-refractivity contribution is 5.97. The van der Waals surface area contributed by atoms with Crippen LogP contribution in [0.15, 0.2) is 18.2 Å². The van der Waals surface area contributed by atoms with Gasteiger partial charge in [0.2, 0.25) is 11.8 Å². The second-order valence-corrected chi connectivity index (χ2v) is 5.52. The molecule has 3 rings (SSSR count). The first kappa shape index (κ1) is 14.7. The summed E-state index contributed by atoms with van der Waals surface area (Å²) < 4.78 is 11.0. The minimum absolute atomic E-state index is 0.0115. The predicted octanol–water partition coefficient (Wildman–Crippen LogP) is 1.43. The second-order valence-electron chi connectivity index (χ2n) is 5.52. The molecular weight excluding hydrogens is 284 g/mol. The van der Waals surface area contributed by atoms with Crippen molar-refractivity contribution in [3.63, 3.8) is 0 Å². The summed E-state index contributed by atoms with van der Waals surface area (Å²) in [6, 6.07) is 5.32. The van der Waals surface area contributed by atoms with E-state index in [1.807, 2.05) is 4.90 Å². The van der Waals surface area contributed by atoms with Crippen LogP contribution >= 0.6 is 0 Å². The van der Waals surface area contributed by atoms with Gasteiger partial charge in [-0.15, -0.1) is 0 Å². The van der Waals surface area contributed by atoms with Gasteiger partial charge in [0.05, 0.1) is 0 Å². The van der Waals surface area contributed by atoms with Crippen molar-refractivity contribution in [1.29, 1.82) is 0 Å². The lowest BCUT2D eigenvalue weighted by Crippen LogP contribution is -2.41. The van der Waals surface area contributed by atoms with Gasteiger partial charge in [-0.05, 0) is 25.0 Å². The zero-order valence-corrected chi connectivity index (χ0v) is 12.7. The molecule has 22 heavy (non-hydrogen) atoms. The maximum atomic E-state index is 12.3. The smallest absolute Gasteiger partial charge is 0.242 e. The van der Waals surface area contributed by atoms with Crippen LogP contribution in [0, 0.1) is 0 Å². The summed E-state index contributed by atoms with van der Waals surface area (Å²) in [5.74, 6) is 1.11.